The van der Waals surface area contributed by atoms with Gasteiger partial charge in [0.1, 0.15) is 0 Å². The molecule has 1 aromatic rings. The summed E-state index contributed by atoms with van der Waals surface area (Å²) in [7, 11) is 0. The monoisotopic (exact) mass is 222 g/mol. The van der Waals surface area contributed by atoms with Gasteiger partial charge in [0.2, 0.25) is 0 Å². The second-order valence-electron chi connectivity index (χ2n) is 5.16. The summed E-state index contributed by atoms with van der Waals surface area (Å²) in [5, 5.41) is 7.93. The number of hydrogen-bond donors (Lipinski definition) is 0. The molecule has 1 saturated heterocycles. The highest BCUT2D eigenvalue weighted by Crippen LogP contribution is 2.19. The summed E-state index contributed by atoms with van der Waals surface area (Å²) in [6.45, 7) is 8.03. The van der Waals surface area contributed by atoms with Crippen LogP contribution in [0.3, 0.4) is 0 Å². The smallest absolute Gasteiger partial charge is 0.0692 e. The van der Waals surface area contributed by atoms with Crippen molar-refractivity contribution in [3.05, 3.63) is 12.4 Å². The van der Waals surface area contributed by atoms with Gasteiger partial charge < -0.3 is 0 Å². The second-order valence-corrected chi connectivity index (χ2v) is 5.16. The zero-order valence-electron chi connectivity index (χ0n) is 10.3. The number of rotatable bonds is 4. The molecule has 2 heterocycles. The third kappa shape index (κ3) is 3.04. The van der Waals surface area contributed by atoms with E-state index in [1.54, 1.807) is 6.20 Å². The molecule has 0 amide bonds. The van der Waals surface area contributed by atoms with Crippen LogP contribution in [0.15, 0.2) is 12.4 Å². The van der Waals surface area contributed by atoms with Crippen molar-refractivity contribution in [1.82, 2.24) is 19.9 Å². The SMILES string of the molecule is CC(C)CN1CCCCC1Cn1ccnn1. The molecule has 0 spiro atoms. The van der Waals surface area contributed by atoms with E-state index in [0.29, 0.717) is 6.04 Å². The van der Waals surface area contributed by atoms with Crippen molar-refractivity contribution in [1.29, 1.82) is 0 Å². The first-order chi connectivity index (χ1) is 7.75. The minimum atomic E-state index is 0.651. The Labute approximate surface area is 97.6 Å². The molecule has 1 aliphatic heterocycles. The summed E-state index contributed by atoms with van der Waals surface area (Å²) in [5.41, 5.74) is 0. The molecule has 4 heteroatoms. The zero-order valence-corrected chi connectivity index (χ0v) is 10.3. The van der Waals surface area contributed by atoms with Crippen LogP contribution >= 0.6 is 0 Å². The van der Waals surface area contributed by atoms with E-state index in [4.69, 9.17) is 0 Å². The largest absolute Gasteiger partial charge is 0.298 e. The van der Waals surface area contributed by atoms with Crippen LogP contribution in [0.4, 0.5) is 0 Å². The molecule has 0 bridgehead atoms. The van der Waals surface area contributed by atoms with E-state index >= 15 is 0 Å². The quantitative estimate of drug-likeness (QED) is 0.779. The average molecular weight is 222 g/mol. The number of piperidine rings is 1. The van der Waals surface area contributed by atoms with Gasteiger partial charge in [-0.1, -0.05) is 25.5 Å². The van der Waals surface area contributed by atoms with Gasteiger partial charge in [-0.05, 0) is 25.3 Å². The molecule has 1 unspecified atom stereocenters. The standard InChI is InChI=1S/C12H22N4/c1-11(2)9-15-7-4-3-5-12(15)10-16-8-6-13-14-16/h6,8,11-12H,3-5,7,9-10H2,1-2H3. The Bertz CT molecular complexity index is 294. The maximum atomic E-state index is 4.06. The van der Waals surface area contributed by atoms with Crippen LogP contribution in [0.2, 0.25) is 0 Å². The van der Waals surface area contributed by atoms with Crippen LogP contribution in [-0.2, 0) is 6.54 Å². The molecule has 1 atom stereocenters. The van der Waals surface area contributed by atoms with Crippen molar-refractivity contribution >= 4 is 0 Å². The van der Waals surface area contributed by atoms with Crippen LogP contribution in [-0.4, -0.2) is 39.0 Å². The van der Waals surface area contributed by atoms with Gasteiger partial charge in [0.25, 0.3) is 0 Å². The van der Waals surface area contributed by atoms with Gasteiger partial charge in [-0.15, -0.1) is 5.10 Å². The van der Waals surface area contributed by atoms with Crippen molar-refractivity contribution in [2.24, 2.45) is 5.92 Å². The van der Waals surface area contributed by atoms with Gasteiger partial charge in [-0.25, -0.2) is 0 Å². The third-order valence-corrected chi connectivity index (χ3v) is 3.22. The molecule has 1 fully saturated rings. The van der Waals surface area contributed by atoms with Crippen molar-refractivity contribution in [2.75, 3.05) is 13.1 Å². The van der Waals surface area contributed by atoms with E-state index in [-0.39, 0.29) is 0 Å². The molecule has 0 aliphatic carbocycles. The molecular weight excluding hydrogens is 200 g/mol. The Balaban J connectivity index is 1.93. The van der Waals surface area contributed by atoms with E-state index < -0.39 is 0 Å². The van der Waals surface area contributed by atoms with E-state index in [1.807, 2.05) is 10.9 Å². The van der Waals surface area contributed by atoms with E-state index in [1.165, 1.54) is 32.4 Å². The molecule has 16 heavy (non-hydrogen) atoms. The van der Waals surface area contributed by atoms with Crippen molar-refractivity contribution in [3.8, 4) is 0 Å². The van der Waals surface area contributed by atoms with E-state index in [0.717, 1.165) is 12.5 Å². The molecule has 1 aromatic heterocycles. The van der Waals surface area contributed by atoms with Gasteiger partial charge in [0.05, 0.1) is 12.7 Å². The molecule has 0 saturated carbocycles. The zero-order chi connectivity index (χ0) is 11.4. The molecular formula is C12H22N4. The van der Waals surface area contributed by atoms with Gasteiger partial charge in [-0.3, -0.25) is 9.58 Å². The van der Waals surface area contributed by atoms with Gasteiger partial charge in [0, 0.05) is 18.8 Å². The Kier molecular flexibility index (Phi) is 3.93. The highest BCUT2D eigenvalue weighted by Gasteiger charge is 2.23. The lowest BCUT2D eigenvalue weighted by Gasteiger charge is -2.36. The number of likely N-dealkylation sites (tertiary alicyclic amines) is 1. The summed E-state index contributed by atoms with van der Waals surface area (Å²) in [4.78, 5) is 2.62. The van der Waals surface area contributed by atoms with Gasteiger partial charge in [0.15, 0.2) is 0 Å². The van der Waals surface area contributed by atoms with Crippen molar-refractivity contribution < 1.29 is 0 Å². The Hall–Kier alpha value is -0.900. The van der Waals surface area contributed by atoms with Crippen LogP contribution in [0, 0.1) is 5.92 Å². The average Bonchev–Trinajstić information content (AvgIpc) is 2.73. The highest BCUT2D eigenvalue weighted by atomic mass is 15.4. The van der Waals surface area contributed by atoms with Crippen molar-refractivity contribution in [2.45, 2.75) is 45.7 Å². The van der Waals surface area contributed by atoms with Crippen molar-refractivity contribution in [3.63, 3.8) is 0 Å². The number of hydrogen-bond acceptors (Lipinski definition) is 3. The molecule has 0 N–H and O–H groups in total. The molecule has 1 aliphatic rings. The Morgan fingerprint density at radius 3 is 2.94 bits per heavy atom. The molecule has 0 radical (unpaired) electrons. The topological polar surface area (TPSA) is 34.0 Å². The van der Waals surface area contributed by atoms with Gasteiger partial charge in [-0.2, -0.15) is 0 Å². The van der Waals surface area contributed by atoms with Crippen LogP contribution < -0.4 is 0 Å². The van der Waals surface area contributed by atoms with Gasteiger partial charge >= 0.3 is 0 Å². The molecule has 2 rings (SSSR count). The Morgan fingerprint density at radius 1 is 1.38 bits per heavy atom. The summed E-state index contributed by atoms with van der Waals surface area (Å²) >= 11 is 0. The predicted octanol–water partition coefficient (Wildman–Crippen LogP) is 1.79. The first kappa shape index (κ1) is 11.6. The van der Waals surface area contributed by atoms with E-state index in [2.05, 4.69) is 29.1 Å². The summed E-state index contributed by atoms with van der Waals surface area (Å²) < 4.78 is 1.96. The van der Waals surface area contributed by atoms with Crippen LogP contribution in [0.5, 0.6) is 0 Å². The summed E-state index contributed by atoms with van der Waals surface area (Å²) in [6.07, 6.45) is 7.72. The van der Waals surface area contributed by atoms with E-state index in [9.17, 15) is 0 Å². The molecule has 4 nitrogen and oxygen atoms in total. The fraction of sp³-hybridized carbons (Fsp3) is 0.833. The predicted molar refractivity (Wildman–Crippen MR) is 64.1 cm³/mol. The maximum Gasteiger partial charge on any atom is 0.0692 e. The minimum Gasteiger partial charge on any atom is -0.298 e. The minimum absolute atomic E-state index is 0.651. The van der Waals surface area contributed by atoms with Crippen LogP contribution in [0.25, 0.3) is 0 Å². The lowest BCUT2D eigenvalue weighted by Crippen LogP contribution is -2.43. The third-order valence-electron chi connectivity index (χ3n) is 3.22. The summed E-state index contributed by atoms with van der Waals surface area (Å²) in [6, 6.07) is 0.651. The first-order valence-corrected chi connectivity index (χ1v) is 6.34. The lowest BCUT2D eigenvalue weighted by molar-refractivity contribution is 0.115. The maximum absolute atomic E-state index is 4.06. The number of aromatic nitrogens is 3. The van der Waals surface area contributed by atoms with Crippen LogP contribution in [0.1, 0.15) is 33.1 Å². The molecule has 90 valence electrons. The lowest BCUT2D eigenvalue weighted by atomic mass is 10.0. The fourth-order valence-electron chi connectivity index (χ4n) is 2.52. The fourth-order valence-corrected chi connectivity index (χ4v) is 2.52. The highest BCUT2D eigenvalue weighted by molar-refractivity contribution is 4.78. The second kappa shape index (κ2) is 5.43. The summed E-state index contributed by atoms with van der Waals surface area (Å²) in [5.74, 6) is 0.747. The first-order valence-electron chi connectivity index (χ1n) is 6.34. The molecule has 0 aromatic carbocycles. The normalized spacial score (nSPS) is 22.8. The number of nitrogens with zero attached hydrogens (tertiary/aromatic N) is 4. The Morgan fingerprint density at radius 2 is 2.25 bits per heavy atom.